The van der Waals surface area contributed by atoms with Crippen molar-refractivity contribution in [1.29, 1.82) is 0 Å². The fourth-order valence-corrected chi connectivity index (χ4v) is 1.11. The van der Waals surface area contributed by atoms with Crippen LogP contribution in [0.15, 0.2) is 12.1 Å². The van der Waals surface area contributed by atoms with Gasteiger partial charge in [-0.15, -0.1) is 6.42 Å². The van der Waals surface area contributed by atoms with E-state index >= 15 is 0 Å². The van der Waals surface area contributed by atoms with Crippen LogP contribution in [0.3, 0.4) is 0 Å². The van der Waals surface area contributed by atoms with Gasteiger partial charge in [-0.1, -0.05) is 5.92 Å². The van der Waals surface area contributed by atoms with Crippen molar-refractivity contribution in [3.05, 3.63) is 33.9 Å². The number of carbonyl (C=O) groups excluding carboxylic acids is 1. The third-order valence-electron chi connectivity index (χ3n) is 1.94. The lowest BCUT2D eigenvalue weighted by molar-refractivity contribution is -0.387. The lowest BCUT2D eigenvalue weighted by atomic mass is 10.3. The fourth-order valence-electron chi connectivity index (χ4n) is 1.11. The van der Waals surface area contributed by atoms with Crippen LogP contribution in [-0.4, -0.2) is 24.0 Å². The van der Waals surface area contributed by atoms with E-state index in [1.165, 1.54) is 0 Å². The van der Waals surface area contributed by atoms with Crippen LogP contribution < -0.4 is 10.1 Å². The van der Waals surface area contributed by atoms with E-state index in [1.54, 1.807) is 0 Å². The molecular formula is C11H8F2N2O4. The van der Waals surface area contributed by atoms with Gasteiger partial charge in [0, 0.05) is 6.07 Å². The van der Waals surface area contributed by atoms with Crippen molar-refractivity contribution in [2.75, 3.05) is 13.2 Å². The molecule has 0 saturated carbocycles. The molecular weight excluding hydrogens is 262 g/mol. The summed E-state index contributed by atoms with van der Waals surface area (Å²) in [5, 5.41) is 12.6. The molecule has 0 spiro atoms. The van der Waals surface area contributed by atoms with Crippen LogP contribution in [0.5, 0.6) is 5.75 Å². The smallest absolute Gasteiger partial charge is 0.307 e. The molecule has 0 fully saturated rings. The molecule has 0 aliphatic rings. The molecule has 1 aromatic rings. The Bertz CT molecular complexity index is 554. The number of terminal acetylenes is 1. The van der Waals surface area contributed by atoms with Gasteiger partial charge in [0.25, 0.3) is 5.91 Å². The van der Waals surface area contributed by atoms with E-state index in [1.807, 2.05) is 0 Å². The number of amides is 1. The van der Waals surface area contributed by atoms with E-state index < -0.39 is 40.5 Å². The number of hydrogen-bond donors (Lipinski definition) is 1. The van der Waals surface area contributed by atoms with E-state index in [9.17, 15) is 23.7 Å². The van der Waals surface area contributed by atoms with Crippen LogP contribution in [0.4, 0.5) is 14.5 Å². The monoisotopic (exact) mass is 270 g/mol. The van der Waals surface area contributed by atoms with Crippen LogP contribution in [-0.2, 0) is 4.79 Å². The average molecular weight is 270 g/mol. The van der Waals surface area contributed by atoms with E-state index in [0.717, 1.165) is 0 Å². The van der Waals surface area contributed by atoms with Crippen molar-refractivity contribution in [1.82, 2.24) is 5.32 Å². The molecule has 19 heavy (non-hydrogen) atoms. The minimum Gasteiger partial charge on any atom is -0.481 e. The normalized spacial score (nSPS) is 9.53. The molecule has 1 amide bonds. The topological polar surface area (TPSA) is 81.5 Å². The molecule has 0 aliphatic carbocycles. The summed E-state index contributed by atoms with van der Waals surface area (Å²) < 4.78 is 31.2. The van der Waals surface area contributed by atoms with E-state index in [4.69, 9.17) is 11.2 Å². The van der Waals surface area contributed by atoms with Crippen LogP contribution in [0.2, 0.25) is 0 Å². The second-order valence-electron chi connectivity index (χ2n) is 3.26. The molecule has 1 rings (SSSR count). The number of rotatable bonds is 5. The Kier molecular flexibility index (Phi) is 4.76. The maximum Gasteiger partial charge on any atom is 0.307 e. The van der Waals surface area contributed by atoms with Gasteiger partial charge < -0.3 is 10.1 Å². The van der Waals surface area contributed by atoms with Crippen molar-refractivity contribution in [2.45, 2.75) is 0 Å². The Labute approximate surface area is 106 Å². The molecule has 0 saturated heterocycles. The zero-order chi connectivity index (χ0) is 14.4. The number of halogens is 2. The van der Waals surface area contributed by atoms with Crippen LogP contribution in [0.1, 0.15) is 0 Å². The number of benzene rings is 1. The van der Waals surface area contributed by atoms with Gasteiger partial charge in [0.05, 0.1) is 17.5 Å². The molecule has 6 nitrogen and oxygen atoms in total. The molecule has 0 heterocycles. The standard InChI is InChI=1S/C11H8F2N2O4/c1-2-3-14-11(16)6-19-10-5-7(12)9(15(17)18)4-8(10)13/h1,4-5H,3,6H2,(H,14,16). The third kappa shape index (κ3) is 3.92. The predicted molar refractivity (Wildman–Crippen MR) is 60.4 cm³/mol. The van der Waals surface area contributed by atoms with E-state index in [0.29, 0.717) is 12.1 Å². The first-order chi connectivity index (χ1) is 8.95. The summed E-state index contributed by atoms with van der Waals surface area (Å²) >= 11 is 0. The van der Waals surface area contributed by atoms with Gasteiger partial charge >= 0.3 is 5.69 Å². The average Bonchev–Trinajstić information content (AvgIpc) is 2.36. The molecule has 0 bridgehead atoms. The summed E-state index contributed by atoms with van der Waals surface area (Å²) in [6.45, 7) is -0.616. The summed E-state index contributed by atoms with van der Waals surface area (Å²) in [5.74, 6) is -1.49. The Hall–Kier alpha value is -2.69. The maximum absolute atomic E-state index is 13.3. The second kappa shape index (κ2) is 6.30. The lowest BCUT2D eigenvalue weighted by Crippen LogP contribution is -2.29. The molecule has 0 unspecified atom stereocenters. The lowest BCUT2D eigenvalue weighted by Gasteiger charge is -2.07. The van der Waals surface area contributed by atoms with E-state index in [2.05, 4.69) is 11.2 Å². The zero-order valence-corrected chi connectivity index (χ0v) is 9.48. The van der Waals surface area contributed by atoms with Gasteiger partial charge in [0.15, 0.2) is 18.2 Å². The number of nitrogens with one attached hydrogen (secondary N) is 1. The van der Waals surface area contributed by atoms with Crippen molar-refractivity contribution in [3.8, 4) is 18.1 Å². The van der Waals surface area contributed by atoms with Crippen LogP contribution >= 0.6 is 0 Å². The van der Waals surface area contributed by atoms with Crippen molar-refractivity contribution < 1.29 is 23.2 Å². The fraction of sp³-hybridized carbons (Fsp3) is 0.182. The predicted octanol–water partition coefficient (Wildman–Crippen LogP) is 1.00. The van der Waals surface area contributed by atoms with Crippen LogP contribution in [0, 0.1) is 34.1 Å². The number of nitro benzene ring substituents is 1. The molecule has 1 aromatic carbocycles. The Balaban J connectivity index is 2.75. The van der Waals surface area contributed by atoms with Gasteiger partial charge in [-0.25, -0.2) is 4.39 Å². The minimum absolute atomic E-state index is 0.0285. The molecule has 1 N–H and O–H groups in total. The van der Waals surface area contributed by atoms with Gasteiger partial charge in [-0.05, 0) is 0 Å². The molecule has 100 valence electrons. The Morgan fingerprint density at radius 3 is 2.74 bits per heavy atom. The largest absolute Gasteiger partial charge is 0.481 e. The molecule has 0 atom stereocenters. The summed E-state index contributed by atoms with van der Waals surface area (Å²) in [5.41, 5.74) is -1.01. The number of nitrogens with zero attached hydrogens (tertiary/aromatic N) is 1. The molecule has 0 aliphatic heterocycles. The highest BCUT2D eigenvalue weighted by atomic mass is 19.1. The minimum atomic E-state index is -1.26. The number of carbonyl (C=O) groups is 1. The first-order valence-electron chi connectivity index (χ1n) is 4.92. The SMILES string of the molecule is C#CCNC(=O)COc1cc(F)c([N+](=O)[O-])cc1F. The maximum atomic E-state index is 13.3. The van der Waals surface area contributed by atoms with Crippen molar-refractivity contribution >= 4 is 11.6 Å². The highest BCUT2D eigenvalue weighted by Crippen LogP contribution is 2.26. The van der Waals surface area contributed by atoms with E-state index in [-0.39, 0.29) is 6.54 Å². The first-order valence-corrected chi connectivity index (χ1v) is 4.92. The summed E-state index contributed by atoms with van der Waals surface area (Å²) in [6.07, 6.45) is 4.89. The molecule has 8 heteroatoms. The number of nitro groups is 1. The van der Waals surface area contributed by atoms with Crippen molar-refractivity contribution in [2.24, 2.45) is 0 Å². The second-order valence-corrected chi connectivity index (χ2v) is 3.26. The Morgan fingerprint density at radius 2 is 2.16 bits per heavy atom. The highest BCUT2D eigenvalue weighted by molar-refractivity contribution is 5.77. The van der Waals surface area contributed by atoms with Gasteiger partial charge in [-0.2, -0.15) is 4.39 Å². The van der Waals surface area contributed by atoms with Crippen molar-refractivity contribution in [3.63, 3.8) is 0 Å². The highest BCUT2D eigenvalue weighted by Gasteiger charge is 2.19. The summed E-state index contributed by atoms with van der Waals surface area (Å²) in [6, 6.07) is 0.881. The van der Waals surface area contributed by atoms with Gasteiger partial charge in [0.1, 0.15) is 0 Å². The third-order valence-corrected chi connectivity index (χ3v) is 1.94. The quantitative estimate of drug-likeness (QED) is 0.491. The summed E-state index contributed by atoms with van der Waals surface area (Å²) in [7, 11) is 0. The van der Waals surface area contributed by atoms with Gasteiger partial charge in [0.2, 0.25) is 5.82 Å². The molecule has 0 aromatic heterocycles. The van der Waals surface area contributed by atoms with Gasteiger partial charge in [-0.3, -0.25) is 14.9 Å². The number of hydrogen-bond acceptors (Lipinski definition) is 4. The first kappa shape index (κ1) is 14.4. The number of ether oxygens (including phenoxy) is 1. The summed E-state index contributed by atoms with van der Waals surface area (Å²) in [4.78, 5) is 20.4. The Morgan fingerprint density at radius 1 is 1.47 bits per heavy atom. The zero-order valence-electron chi connectivity index (χ0n) is 9.48. The molecule has 0 radical (unpaired) electrons. The van der Waals surface area contributed by atoms with Crippen LogP contribution in [0.25, 0.3) is 0 Å².